The summed E-state index contributed by atoms with van der Waals surface area (Å²) in [5, 5.41) is 19.0. The number of carbonyl (C=O) groups is 2. The fraction of sp³-hybridized carbons (Fsp3) is 0.619. The molecule has 0 aliphatic rings. The summed E-state index contributed by atoms with van der Waals surface area (Å²) in [6.07, 6.45) is 5.30. The fourth-order valence-electron chi connectivity index (χ4n) is 3.54. The van der Waals surface area contributed by atoms with Gasteiger partial charge < -0.3 is 10.2 Å². The Balaban J connectivity index is 3.20. The van der Waals surface area contributed by atoms with Gasteiger partial charge in [-0.25, -0.2) is 9.59 Å². The maximum absolute atomic E-state index is 11.8. The predicted octanol–water partition coefficient (Wildman–Crippen LogP) is 5.43. The normalized spacial score (nSPS) is 12.8. The molecular weight excluding hydrogens is 316 g/mol. The van der Waals surface area contributed by atoms with Gasteiger partial charge in [-0.3, -0.25) is 0 Å². The number of carboxylic acids is 2. The maximum Gasteiger partial charge on any atom is 0.336 e. The van der Waals surface area contributed by atoms with E-state index in [2.05, 4.69) is 34.6 Å². The molecule has 25 heavy (non-hydrogen) atoms. The van der Waals surface area contributed by atoms with Crippen LogP contribution in [0.25, 0.3) is 0 Å². The summed E-state index contributed by atoms with van der Waals surface area (Å²) in [4.78, 5) is 23.2. The number of carboxylic acid groups (broad SMARTS) is 2. The lowest BCUT2D eigenvalue weighted by Crippen LogP contribution is -2.16. The van der Waals surface area contributed by atoms with Gasteiger partial charge in [-0.15, -0.1) is 0 Å². The Morgan fingerprint density at radius 2 is 1.72 bits per heavy atom. The quantitative estimate of drug-likeness (QED) is 0.624. The molecule has 1 atom stereocenters. The number of aryl methyl sites for hydroxylation is 1. The van der Waals surface area contributed by atoms with Crippen molar-refractivity contribution in [2.24, 2.45) is 11.3 Å². The zero-order valence-corrected chi connectivity index (χ0v) is 16.2. The van der Waals surface area contributed by atoms with Crippen LogP contribution in [0.3, 0.4) is 0 Å². The monoisotopic (exact) mass is 348 g/mol. The molecule has 0 spiro atoms. The number of hydrogen-bond acceptors (Lipinski definition) is 2. The van der Waals surface area contributed by atoms with Gasteiger partial charge >= 0.3 is 11.9 Å². The van der Waals surface area contributed by atoms with Gasteiger partial charge in [-0.2, -0.15) is 0 Å². The molecule has 0 saturated carbocycles. The van der Waals surface area contributed by atoms with Crippen LogP contribution in [0.1, 0.15) is 92.1 Å². The standard InChI is InChI=1S/C21H32O4/c1-6-7-8-15-10-12-17(19(22)23)18(20(24)25)16(15)11-9-14(2)13-21(3,4)5/h10,12,14H,6-9,11,13H2,1-5H3,(H,22,23)(H,24,25). The molecule has 1 unspecified atom stereocenters. The van der Waals surface area contributed by atoms with Crippen LogP contribution >= 0.6 is 0 Å². The summed E-state index contributed by atoms with van der Waals surface area (Å²) in [6.45, 7) is 10.9. The minimum Gasteiger partial charge on any atom is -0.478 e. The Labute approximate surface area is 151 Å². The molecule has 1 aromatic rings. The number of unbranched alkanes of at least 4 members (excludes halogenated alkanes) is 1. The van der Waals surface area contributed by atoms with Crippen LogP contribution in [0.15, 0.2) is 12.1 Å². The average molecular weight is 348 g/mol. The van der Waals surface area contributed by atoms with Crippen molar-refractivity contribution in [3.63, 3.8) is 0 Å². The summed E-state index contributed by atoms with van der Waals surface area (Å²) in [5.41, 5.74) is 1.78. The Bertz CT molecular complexity index is 611. The third-order valence-electron chi connectivity index (χ3n) is 4.50. The van der Waals surface area contributed by atoms with E-state index >= 15 is 0 Å². The summed E-state index contributed by atoms with van der Waals surface area (Å²) in [5.74, 6) is -1.87. The highest BCUT2D eigenvalue weighted by molar-refractivity contribution is 6.03. The van der Waals surface area contributed by atoms with Crippen molar-refractivity contribution >= 4 is 11.9 Å². The predicted molar refractivity (Wildman–Crippen MR) is 101 cm³/mol. The first kappa shape index (κ1) is 21.2. The zero-order valence-electron chi connectivity index (χ0n) is 16.2. The lowest BCUT2D eigenvalue weighted by atomic mass is 9.82. The highest BCUT2D eigenvalue weighted by Gasteiger charge is 2.23. The van der Waals surface area contributed by atoms with E-state index in [9.17, 15) is 19.8 Å². The average Bonchev–Trinajstić information content (AvgIpc) is 2.48. The van der Waals surface area contributed by atoms with E-state index in [4.69, 9.17) is 0 Å². The van der Waals surface area contributed by atoms with Gasteiger partial charge in [0.05, 0.1) is 11.1 Å². The smallest absolute Gasteiger partial charge is 0.336 e. The Morgan fingerprint density at radius 3 is 2.20 bits per heavy atom. The van der Waals surface area contributed by atoms with E-state index < -0.39 is 11.9 Å². The van der Waals surface area contributed by atoms with E-state index in [-0.39, 0.29) is 16.5 Å². The van der Waals surface area contributed by atoms with E-state index in [1.807, 2.05) is 0 Å². The Morgan fingerprint density at radius 1 is 1.08 bits per heavy atom. The van der Waals surface area contributed by atoms with Gasteiger partial charge in [-0.1, -0.05) is 47.1 Å². The highest BCUT2D eigenvalue weighted by atomic mass is 16.4. The third kappa shape index (κ3) is 6.52. The third-order valence-corrected chi connectivity index (χ3v) is 4.50. The number of aromatic carboxylic acids is 2. The van der Waals surface area contributed by atoms with Gasteiger partial charge in [0, 0.05) is 0 Å². The zero-order chi connectivity index (χ0) is 19.2. The van der Waals surface area contributed by atoms with Crippen molar-refractivity contribution < 1.29 is 19.8 Å². The molecule has 1 aromatic carbocycles. The van der Waals surface area contributed by atoms with Gasteiger partial charge in [0.1, 0.15) is 0 Å². The van der Waals surface area contributed by atoms with Crippen LogP contribution in [-0.4, -0.2) is 22.2 Å². The maximum atomic E-state index is 11.8. The van der Waals surface area contributed by atoms with Gasteiger partial charge in [0.2, 0.25) is 0 Å². The van der Waals surface area contributed by atoms with Crippen molar-refractivity contribution in [3.05, 3.63) is 34.4 Å². The van der Waals surface area contributed by atoms with Crippen LogP contribution < -0.4 is 0 Å². The molecule has 0 aromatic heterocycles. The Kier molecular flexibility index (Phi) is 7.65. The molecule has 0 aliphatic heterocycles. The minimum atomic E-state index is -1.18. The second-order valence-corrected chi connectivity index (χ2v) is 8.25. The lowest BCUT2D eigenvalue weighted by Gasteiger charge is -2.24. The van der Waals surface area contributed by atoms with Crippen molar-refractivity contribution in [2.45, 2.75) is 73.1 Å². The second kappa shape index (κ2) is 9.02. The molecule has 2 N–H and O–H groups in total. The van der Waals surface area contributed by atoms with Crippen molar-refractivity contribution in [1.82, 2.24) is 0 Å². The fourth-order valence-corrected chi connectivity index (χ4v) is 3.54. The van der Waals surface area contributed by atoms with Crippen molar-refractivity contribution in [2.75, 3.05) is 0 Å². The van der Waals surface area contributed by atoms with Crippen LogP contribution in [-0.2, 0) is 12.8 Å². The molecule has 4 nitrogen and oxygen atoms in total. The van der Waals surface area contributed by atoms with Crippen LogP contribution in [0.5, 0.6) is 0 Å². The first-order valence-corrected chi connectivity index (χ1v) is 9.18. The molecule has 4 heteroatoms. The number of benzene rings is 1. The lowest BCUT2D eigenvalue weighted by molar-refractivity contribution is 0.0650. The molecule has 140 valence electrons. The second-order valence-electron chi connectivity index (χ2n) is 8.25. The van der Waals surface area contributed by atoms with Crippen LogP contribution in [0.2, 0.25) is 0 Å². The van der Waals surface area contributed by atoms with E-state index in [0.717, 1.165) is 37.7 Å². The first-order valence-electron chi connectivity index (χ1n) is 9.18. The largest absolute Gasteiger partial charge is 0.478 e. The van der Waals surface area contributed by atoms with Gasteiger partial charge in [0.25, 0.3) is 0 Å². The van der Waals surface area contributed by atoms with Crippen molar-refractivity contribution in [1.29, 1.82) is 0 Å². The van der Waals surface area contributed by atoms with E-state index in [1.54, 1.807) is 6.07 Å². The molecule has 0 radical (unpaired) electrons. The minimum absolute atomic E-state index is 0.0240. The van der Waals surface area contributed by atoms with E-state index in [1.165, 1.54) is 6.07 Å². The molecule has 0 amide bonds. The molecule has 0 bridgehead atoms. The van der Waals surface area contributed by atoms with Gasteiger partial charge in [-0.05, 0) is 60.6 Å². The summed E-state index contributed by atoms with van der Waals surface area (Å²) >= 11 is 0. The Hall–Kier alpha value is -1.84. The van der Waals surface area contributed by atoms with Crippen LogP contribution in [0.4, 0.5) is 0 Å². The number of rotatable bonds is 9. The topological polar surface area (TPSA) is 74.6 Å². The molecule has 0 aliphatic carbocycles. The SMILES string of the molecule is CCCCc1ccc(C(=O)O)c(C(=O)O)c1CCC(C)CC(C)(C)C. The van der Waals surface area contributed by atoms with E-state index in [0.29, 0.717) is 17.9 Å². The van der Waals surface area contributed by atoms with Crippen LogP contribution in [0, 0.1) is 11.3 Å². The summed E-state index contributed by atoms with van der Waals surface area (Å²) in [7, 11) is 0. The molecule has 0 heterocycles. The van der Waals surface area contributed by atoms with Gasteiger partial charge in [0.15, 0.2) is 0 Å². The highest BCUT2D eigenvalue weighted by Crippen LogP contribution is 2.29. The van der Waals surface area contributed by atoms with Crippen molar-refractivity contribution in [3.8, 4) is 0 Å². The summed E-state index contributed by atoms with van der Waals surface area (Å²) in [6, 6.07) is 3.24. The molecular formula is C21H32O4. The first-order chi connectivity index (χ1) is 11.6. The number of hydrogen-bond donors (Lipinski definition) is 2. The molecule has 1 rings (SSSR count). The molecule has 0 fully saturated rings. The molecule has 0 saturated heterocycles. The summed E-state index contributed by atoms with van der Waals surface area (Å²) < 4.78 is 0.